The standard InChI is InChI=1S/C24H40N4O2.HI/c1-6-25-23(26-16-18-10-9-15-30-22(18)24(2,3)4)27-19-13-14-28(17-19)20-11-7-8-12-21(20)29-5;/h7-8,11-12,18-19,22H,6,9-10,13-17H2,1-5H3,(H2,25,26,27);1H. The Labute approximate surface area is 205 Å². The van der Waals surface area contributed by atoms with Crippen molar-refractivity contribution in [3.05, 3.63) is 24.3 Å². The normalized spacial score (nSPS) is 24.5. The van der Waals surface area contributed by atoms with Crippen molar-refractivity contribution in [1.82, 2.24) is 10.6 Å². The van der Waals surface area contributed by atoms with Gasteiger partial charge in [0.05, 0.1) is 18.9 Å². The van der Waals surface area contributed by atoms with E-state index in [0.29, 0.717) is 12.0 Å². The van der Waals surface area contributed by atoms with Crippen LogP contribution in [0.3, 0.4) is 0 Å². The molecule has 0 saturated carbocycles. The van der Waals surface area contributed by atoms with Crippen LogP contribution in [0.4, 0.5) is 5.69 Å². The fraction of sp³-hybridized carbons (Fsp3) is 0.708. The summed E-state index contributed by atoms with van der Waals surface area (Å²) >= 11 is 0. The number of aliphatic imine (C=N–C) groups is 1. The van der Waals surface area contributed by atoms with Gasteiger partial charge in [-0.2, -0.15) is 0 Å². The number of nitrogens with one attached hydrogen (secondary N) is 2. The Bertz CT molecular complexity index is 707. The smallest absolute Gasteiger partial charge is 0.191 e. The lowest BCUT2D eigenvalue weighted by molar-refractivity contribution is -0.0823. The minimum atomic E-state index is 0. The summed E-state index contributed by atoms with van der Waals surface area (Å²) in [5.41, 5.74) is 1.31. The molecule has 2 fully saturated rings. The van der Waals surface area contributed by atoms with Crippen molar-refractivity contribution in [3.63, 3.8) is 0 Å². The molecule has 0 aliphatic carbocycles. The fourth-order valence-corrected chi connectivity index (χ4v) is 4.70. The van der Waals surface area contributed by atoms with E-state index in [-0.39, 0.29) is 35.5 Å². The summed E-state index contributed by atoms with van der Waals surface area (Å²) < 4.78 is 11.7. The highest BCUT2D eigenvalue weighted by atomic mass is 127. The van der Waals surface area contributed by atoms with Gasteiger partial charge in [-0.05, 0) is 43.7 Å². The van der Waals surface area contributed by atoms with Crippen molar-refractivity contribution < 1.29 is 9.47 Å². The topological polar surface area (TPSA) is 58.1 Å². The quantitative estimate of drug-likeness (QED) is 0.318. The van der Waals surface area contributed by atoms with Crippen molar-refractivity contribution in [2.24, 2.45) is 16.3 Å². The van der Waals surface area contributed by atoms with Crippen LogP contribution in [0, 0.1) is 11.3 Å². The number of para-hydroxylation sites is 2. The van der Waals surface area contributed by atoms with E-state index in [0.717, 1.165) is 57.3 Å². The van der Waals surface area contributed by atoms with Gasteiger partial charge in [0.1, 0.15) is 5.75 Å². The van der Waals surface area contributed by atoms with Gasteiger partial charge in [-0.3, -0.25) is 4.99 Å². The summed E-state index contributed by atoms with van der Waals surface area (Å²) in [4.78, 5) is 7.36. The molecule has 0 amide bonds. The summed E-state index contributed by atoms with van der Waals surface area (Å²) in [6, 6.07) is 8.62. The van der Waals surface area contributed by atoms with Crippen LogP contribution in [0.2, 0.25) is 0 Å². The van der Waals surface area contributed by atoms with Gasteiger partial charge in [0.15, 0.2) is 5.96 Å². The Morgan fingerprint density at radius 1 is 1.26 bits per heavy atom. The number of anilines is 1. The molecule has 1 aromatic carbocycles. The zero-order chi connectivity index (χ0) is 21.6. The van der Waals surface area contributed by atoms with E-state index >= 15 is 0 Å². The highest BCUT2D eigenvalue weighted by Gasteiger charge is 2.35. The molecule has 7 heteroatoms. The molecule has 1 aromatic rings. The first-order chi connectivity index (χ1) is 14.4. The zero-order valence-electron chi connectivity index (χ0n) is 19.8. The average molecular weight is 545 g/mol. The molecule has 0 radical (unpaired) electrons. The predicted octanol–water partition coefficient (Wildman–Crippen LogP) is 4.29. The molecule has 2 saturated heterocycles. The van der Waals surface area contributed by atoms with Crippen molar-refractivity contribution in [2.75, 3.05) is 44.8 Å². The van der Waals surface area contributed by atoms with Gasteiger partial charge in [0, 0.05) is 44.7 Å². The largest absolute Gasteiger partial charge is 0.495 e. The Hall–Kier alpha value is -1.22. The third-order valence-electron chi connectivity index (χ3n) is 6.08. The van der Waals surface area contributed by atoms with E-state index in [1.54, 1.807) is 7.11 Å². The van der Waals surface area contributed by atoms with Crippen LogP contribution in [0.1, 0.15) is 47.0 Å². The maximum Gasteiger partial charge on any atom is 0.191 e. The van der Waals surface area contributed by atoms with Crippen LogP contribution in [0.25, 0.3) is 0 Å². The molecule has 2 aliphatic rings. The summed E-state index contributed by atoms with van der Waals surface area (Å²) in [5, 5.41) is 7.10. The molecular formula is C24H41IN4O2. The number of hydrogen-bond donors (Lipinski definition) is 2. The van der Waals surface area contributed by atoms with E-state index in [1.165, 1.54) is 12.1 Å². The molecule has 2 N–H and O–H groups in total. The van der Waals surface area contributed by atoms with Crippen LogP contribution >= 0.6 is 24.0 Å². The summed E-state index contributed by atoms with van der Waals surface area (Å²) in [7, 11) is 1.74. The van der Waals surface area contributed by atoms with Crippen LogP contribution in [0.5, 0.6) is 5.75 Å². The molecule has 31 heavy (non-hydrogen) atoms. The summed E-state index contributed by atoms with van der Waals surface area (Å²) in [5.74, 6) is 2.33. The van der Waals surface area contributed by atoms with Crippen LogP contribution in [-0.4, -0.2) is 58.0 Å². The van der Waals surface area contributed by atoms with E-state index in [2.05, 4.69) is 55.4 Å². The lowest BCUT2D eigenvalue weighted by Crippen LogP contribution is -2.46. The summed E-state index contributed by atoms with van der Waals surface area (Å²) in [6.07, 6.45) is 3.67. The van der Waals surface area contributed by atoms with Gasteiger partial charge in [-0.1, -0.05) is 32.9 Å². The van der Waals surface area contributed by atoms with Crippen molar-refractivity contribution in [1.29, 1.82) is 0 Å². The first-order valence-electron chi connectivity index (χ1n) is 11.5. The first kappa shape index (κ1) is 26.0. The molecule has 0 spiro atoms. The molecule has 3 rings (SSSR count). The highest BCUT2D eigenvalue weighted by molar-refractivity contribution is 14.0. The maximum absolute atomic E-state index is 6.14. The van der Waals surface area contributed by atoms with E-state index < -0.39 is 0 Å². The Morgan fingerprint density at radius 2 is 2.03 bits per heavy atom. The summed E-state index contributed by atoms with van der Waals surface area (Å²) in [6.45, 7) is 13.4. The number of nitrogens with zero attached hydrogens (tertiary/aromatic N) is 2. The number of ether oxygens (including phenoxy) is 2. The minimum absolute atomic E-state index is 0. The first-order valence-corrected chi connectivity index (χ1v) is 11.5. The molecule has 176 valence electrons. The number of halogens is 1. The van der Waals surface area contributed by atoms with Gasteiger partial charge in [-0.15, -0.1) is 24.0 Å². The third kappa shape index (κ3) is 7.14. The molecule has 2 heterocycles. The second-order valence-electron chi connectivity index (χ2n) is 9.53. The minimum Gasteiger partial charge on any atom is -0.495 e. The number of guanidine groups is 1. The van der Waals surface area contributed by atoms with Gasteiger partial charge in [0.2, 0.25) is 0 Å². The van der Waals surface area contributed by atoms with Crippen molar-refractivity contribution in [3.8, 4) is 5.75 Å². The highest BCUT2D eigenvalue weighted by Crippen LogP contribution is 2.34. The van der Waals surface area contributed by atoms with E-state index in [4.69, 9.17) is 14.5 Å². The average Bonchev–Trinajstić information content (AvgIpc) is 3.20. The number of rotatable bonds is 6. The third-order valence-corrected chi connectivity index (χ3v) is 6.08. The van der Waals surface area contributed by atoms with Gasteiger partial charge >= 0.3 is 0 Å². The Kier molecular flexibility index (Phi) is 10.2. The van der Waals surface area contributed by atoms with Gasteiger partial charge in [-0.25, -0.2) is 0 Å². The van der Waals surface area contributed by atoms with Crippen molar-refractivity contribution >= 4 is 35.6 Å². The monoisotopic (exact) mass is 544 g/mol. The lowest BCUT2D eigenvalue weighted by Gasteiger charge is -2.39. The Balaban J connectivity index is 0.00000341. The molecular weight excluding hydrogens is 503 g/mol. The van der Waals surface area contributed by atoms with Crippen LogP contribution < -0.4 is 20.3 Å². The maximum atomic E-state index is 6.14. The van der Waals surface area contributed by atoms with E-state index in [1.807, 2.05) is 12.1 Å². The Morgan fingerprint density at radius 3 is 2.74 bits per heavy atom. The van der Waals surface area contributed by atoms with Gasteiger partial charge in [0.25, 0.3) is 0 Å². The molecule has 3 atom stereocenters. The zero-order valence-corrected chi connectivity index (χ0v) is 22.1. The molecule has 0 aromatic heterocycles. The second-order valence-corrected chi connectivity index (χ2v) is 9.53. The molecule has 2 aliphatic heterocycles. The lowest BCUT2D eigenvalue weighted by atomic mass is 9.78. The SMILES string of the molecule is CCNC(=NCC1CCCOC1C(C)(C)C)NC1CCN(c2ccccc2OC)C1.I. The number of benzene rings is 1. The number of hydrogen-bond acceptors (Lipinski definition) is 4. The van der Waals surface area contributed by atoms with Gasteiger partial charge < -0.3 is 25.0 Å². The van der Waals surface area contributed by atoms with Crippen molar-refractivity contribution in [2.45, 2.75) is 59.1 Å². The number of methoxy groups -OCH3 is 1. The second kappa shape index (κ2) is 12.1. The van der Waals surface area contributed by atoms with Crippen LogP contribution in [-0.2, 0) is 4.74 Å². The predicted molar refractivity (Wildman–Crippen MR) is 140 cm³/mol. The van der Waals surface area contributed by atoms with Crippen LogP contribution in [0.15, 0.2) is 29.3 Å². The molecule has 3 unspecified atom stereocenters. The molecule has 6 nitrogen and oxygen atoms in total. The van der Waals surface area contributed by atoms with E-state index in [9.17, 15) is 0 Å². The molecule has 0 bridgehead atoms. The fourth-order valence-electron chi connectivity index (χ4n) is 4.70.